The first-order chi connectivity index (χ1) is 18.7. The quantitative estimate of drug-likeness (QED) is 0.348. The first-order valence-electron chi connectivity index (χ1n) is 13.1. The highest BCUT2D eigenvalue weighted by Gasteiger charge is 2.25. The fourth-order valence-electron chi connectivity index (χ4n) is 5.11. The number of hydrogen-bond donors (Lipinski definition) is 2. The standard InChI is InChI=1S/C28H32FN5O4S/c1-3-14-34-25-17-24(30-26(25)27(35)32(2)28(34)36)20-6-10-23(11-7-20)39(37,38)31-22-12-15-33(16-13-22)18-19-4-8-21(29)9-5-19/h4-11,17,22,30-31H,3,12-16,18H2,1-2H3. The average molecular weight is 554 g/mol. The average Bonchev–Trinajstić information content (AvgIpc) is 3.38. The van der Waals surface area contributed by atoms with E-state index in [0.29, 0.717) is 48.2 Å². The molecule has 11 heteroatoms. The van der Waals surface area contributed by atoms with Gasteiger partial charge in [0.15, 0.2) is 0 Å². The van der Waals surface area contributed by atoms with Crippen molar-refractivity contribution in [2.45, 2.75) is 50.2 Å². The van der Waals surface area contributed by atoms with E-state index in [0.717, 1.165) is 29.6 Å². The van der Waals surface area contributed by atoms with Gasteiger partial charge in [0, 0.05) is 45.0 Å². The van der Waals surface area contributed by atoms with Crippen LogP contribution in [0.1, 0.15) is 31.7 Å². The molecule has 0 saturated carbocycles. The molecule has 0 amide bonds. The summed E-state index contributed by atoms with van der Waals surface area (Å²) in [6.07, 6.45) is 2.10. The Balaban J connectivity index is 1.27. The van der Waals surface area contributed by atoms with Gasteiger partial charge in [-0.2, -0.15) is 0 Å². The number of piperidine rings is 1. The molecule has 2 aromatic carbocycles. The SMILES string of the molecule is CCCn1c(=O)n(C)c(=O)c2[nH]c(-c3ccc(S(=O)(=O)NC4CCN(Cc5ccc(F)cc5)CC4)cc3)cc21. The molecule has 0 spiro atoms. The van der Waals surface area contributed by atoms with Crippen LogP contribution in [0.4, 0.5) is 4.39 Å². The number of H-pyrrole nitrogens is 1. The van der Waals surface area contributed by atoms with Gasteiger partial charge in [0.25, 0.3) is 5.56 Å². The van der Waals surface area contributed by atoms with Crippen LogP contribution in [0.15, 0.2) is 69.1 Å². The minimum Gasteiger partial charge on any atom is -0.349 e. The van der Waals surface area contributed by atoms with Crippen LogP contribution in [0.2, 0.25) is 0 Å². The maximum absolute atomic E-state index is 13.1. The Bertz CT molecular complexity index is 1700. The number of likely N-dealkylation sites (tertiary alicyclic amines) is 1. The fraction of sp³-hybridized carbons (Fsp3) is 0.357. The largest absolute Gasteiger partial charge is 0.349 e. The second kappa shape index (κ2) is 10.9. The molecule has 206 valence electrons. The van der Waals surface area contributed by atoms with Crippen LogP contribution in [-0.4, -0.2) is 46.6 Å². The second-order valence-electron chi connectivity index (χ2n) is 10.1. The van der Waals surface area contributed by atoms with E-state index in [4.69, 9.17) is 0 Å². The van der Waals surface area contributed by atoms with E-state index in [1.807, 2.05) is 6.92 Å². The van der Waals surface area contributed by atoms with Gasteiger partial charge in [0.1, 0.15) is 11.3 Å². The van der Waals surface area contributed by atoms with Crippen molar-refractivity contribution in [2.75, 3.05) is 13.1 Å². The lowest BCUT2D eigenvalue weighted by Gasteiger charge is -2.32. The highest BCUT2D eigenvalue weighted by Crippen LogP contribution is 2.24. The Labute approximate surface area is 225 Å². The molecule has 1 saturated heterocycles. The molecule has 39 heavy (non-hydrogen) atoms. The molecule has 0 radical (unpaired) electrons. The fourth-order valence-corrected chi connectivity index (χ4v) is 6.42. The van der Waals surface area contributed by atoms with Crippen LogP contribution in [0.25, 0.3) is 22.3 Å². The minimum absolute atomic E-state index is 0.162. The molecule has 5 rings (SSSR count). The normalized spacial score (nSPS) is 15.3. The van der Waals surface area contributed by atoms with Gasteiger partial charge in [-0.1, -0.05) is 31.2 Å². The molecule has 1 aliphatic rings. The topological polar surface area (TPSA) is 109 Å². The molecule has 3 heterocycles. The Morgan fingerprint density at radius 1 is 1.03 bits per heavy atom. The molecule has 0 aliphatic carbocycles. The summed E-state index contributed by atoms with van der Waals surface area (Å²) in [7, 11) is -2.26. The third-order valence-corrected chi connectivity index (χ3v) is 8.81. The summed E-state index contributed by atoms with van der Waals surface area (Å²) in [5.74, 6) is -0.259. The summed E-state index contributed by atoms with van der Waals surface area (Å²) >= 11 is 0. The van der Waals surface area contributed by atoms with Crippen LogP contribution < -0.4 is 16.0 Å². The van der Waals surface area contributed by atoms with E-state index >= 15 is 0 Å². The molecule has 1 aliphatic heterocycles. The minimum atomic E-state index is -3.72. The van der Waals surface area contributed by atoms with Gasteiger partial charge in [-0.05, 0) is 60.7 Å². The Morgan fingerprint density at radius 2 is 1.69 bits per heavy atom. The number of sulfonamides is 1. The zero-order valence-electron chi connectivity index (χ0n) is 22.0. The maximum atomic E-state index is 13.1. The number of aryl methyl sites for hydroxylation is 1. The summed E-state index contributed by atoms with van der Waals surface area (Å²) < 4.78 is 44.8. The molecule has 0 unspecified atom stereocenters. The van der Waals surface area contributed by atoms with Crippen molar-refractivity contribution in [2.24, 2.45) is 7.05 Å². The number of nitrogens with one attached hydrogen (secondary N) is 2. The Hall–Kier alpha value is -3.54. The number of fused-ring (bicyclic) bond motifs is 1. The lowest BCUT2D eigenvalue weighted by Crippen LogP contribution is -2.44. The van der Waals surface area contributed by atoms with Gasteiger partial charge in [-0.3, -0.25) is 18.8 Å². The highest BCUT2D eigenvalue weighted by molar-refractivity contribution is 7.89. The summed E-state index contributed by atoms with van der Waals surface area (Å²) in [5.41, 5.74) is 2.46. The van der Waals surface area contributed by atoms with E-state index in [9.17, 15) is 22.4 Å². The third kappa shape index (κ3) is 5.61. The van der Waals surface area contributed by atoms with Crippen molar-refractivity contribution in [1.29, 1.82) is 0 Å². The molecule has 2 aromatic heterocycles. The van der Waals surface area contributed by atoms with Crippen molar-refractivity contribution in [3.63, 3.8) is 0 Å². The lowest BCUT2D eigenvalue weighted by atomic mass is 10.1. The van der Waals surface area contributed by atoms with E-state index in [1.54, 1.807) is 47.0 Å². The molecule has 2 N–H and O–H groups in total. The van der Waals surface area contributed by atoms with Crippen LogP contribution >= 0.6 is 0 Å². The molecule has 0 bridgehead atoms. The summed E-state index contributed by atoms with van der Waals surface area (Å²) in [4.78, 5) is 30.8. The van der Waals surface area contributed by atoms with Crippen LogP contribution in [0, 0.1) is 5.82 Å². The molecule has 1 fully saturated rings. The maximum Gasteiger partial charge on any atom is 0.331 e. The number of aromatic amines is 1. The van der Waals surface area contributed by atoms with Crippen LogP contribution in [0.3, 0.4) is 0 Å². The number of nitrogens with zero attached hydrogens (tertiary/aromatic N) is 3. The zero-order chi connectivity index (χ0) is 27.7. The van der Waals surface area contributed by atoms with Gasteiger partial charge in [0.2, 0.25) is 10.0 Å². The lowest BCUT2D eigenvalue weighted by molar-refractivity contribution is 0.200. The molecule has 0 atom stereocenters. The first kappa shape index (κ1) is 27.0. The molecular formula is C28H32FN5O4S. The molecule has 9 nitrogen and oxygen atoms in total. The first-order valence-corrected chi connectivity index (χ1v) is 14.6. The van der Waals surface area contributed by atoms with Crippen molar-refractivity contribution < 1.29 is 12.8 Å². The number of hydrogen-bond acceptors (Lipinski definition) is 5. The summed E-state index contributed by atoms with van der Waals surface area (Å²) in [5, 5.41) is 0. The van der Waals surface area contributed by atoms with Crippen LogP contribution in [-0.2, 0) is 30.2 Å². The predicted molar refractivity (Wildman–Crippen MR) is 149 cm³/mol. The second-order valence-corrected chi connectivity index (χ2v) is 11.8. The third-order valence-electron chi connectivity index (χ3n) is 7.28. The predicted octanol–water partition coefficient (Wildman–Crippen LogP) is 3.19. The van der Waals surface area contributed by atoms with Gasteiger partial charge >= 0.3 is 5.69 Å². The highest BCUT2D eigenvalue weighted by atomic mass is 32.2. The Morgan fingerprint density at radius 3 is 2.33 bits per heavy atom. The smallest absolute Gasteiger partial charge is 0.331 e. The van der Waals surface area contributed by atoms with Gasteiger partial charge < -0.3 is 4.98 Å². The molecular weight excluding hydrogens is 521 g/mol. The van der Waals surface area contributed by atoms with Gasteiger partial charge in [-0.25, -0.2) is 22.3 Å². The van der Waals surface area contributed by atoms with Crippen molar-refractivity contribution in [3.05, 3.63) is 86.8 Å². The van der Waals surface area contributed by atoms with E-state index < -0.39 is 15.6 Å². The van der Waals surface area contributed by atoms with Gasteiger partial charge in [0.05, 0.1) is 10.4 Å². The van der Waals surface area contributed by atoms with E-state index in [2.05, 4.69) is 14.6 Å². The summed E-state index contributed by atoms with van der Waals surface area (Å²) in [6, 6.07) is 14.5. The van der Waals surface area contributed by atoms with Crippen molar-refractivity contribution in [3.8, 4) is 11.3 Å². The number of rotatable bonds is 8. The summed E-state index contributed by atoms with van der Waals surface area (Å²) in [6.45, 7) is 4.63. The zero-order valence-corrected chi connectivity index (χ0v) is 22.8. The monoisotopic (exact) mass is 553 g/mol. The van der Waals surface area contributed by atoms with Gasteiger partial charge in [-0.15, -0.1) is 0 Å². The molecule has 4 aromatic rings. The number of aromatic nitrogens is 3. The van der Waals surface area contributed by atoms with Crippen molar-refractivity contribution >= 4 is 21.1 Å². The number of benzene rings is 2. The van der Waals surface area contributed by atoms with E-state index in [-0.39, 0.29) is 22.4 Å². The van der Waals surface area contributed by atoms with Crippen LogP contribution in [0.5, 0.6) is 0 Å². The Kier molecular flexibility index (Phi) is 7.57. The van der Waals surface area contributed by atoms with E-state index in [1.165, 1.54) is 19.2 Å². The van der Waals surface area contributed by atoms with Crippen molar-refractivity contribution in [1.82, 2.24) is 23.7 Å². The number of halogens is 1.